The third-order valence-corrected chi connectivity index (χ3v) is 1.72. The maximum atomic E-state index is 10.7. The molecule has 0 fully saturated rings. The summed E-state index contributed by atoms with van der Waals surface area (Å²) in [5, 5.41) is 0. The zero-order valence-electron chi connectivity index (χ0n) is 8.42. The van der Waals surface area contributed by atoms with E-state index in [1.54, 1.807) is 0 Å². The molecule has 0 aromatic carbocycles. The van der Waals surface area contributed by atoms with Gasteiger partial charge in [0.05, 0.1) is 0 Å². The molecule has 0 saturated carbocycles. The van der Waals surface area contributed by atoms with E-state index in [0.717, 1.165) is 0 Å². The summed E-state index contributed by atoms with van der Waals surface area (Å²) in [5.41, 5.74) is -5.65. The SMILES string of the molecule is C[n+]1ccccc1.O=S(=O)([O-])C(F)(F)F.[S-2].[S-2]. The average molecular weight is 307 g/mol. The van der Waals surface area contributed by atoms with Gasteiger partial charge in [0.25, 0.3) is 0 Å². The molecule has 0 aliphatic rings. The lowest BCUT2D eigenvalue weighted by Crippen LogP contribution is -2.25. The Kier molecular flexibility index (Phi) is 11.0. The van der Waals surface area contributed by atoms with Gasteiger partial charge < -0.3 is 31.5 Å². The maximum absolute atomic E-state index is 10.7. The molecule has 0 saturated heterocycles. The number of aromatic nitrogens is 1. The molecule has 1 rings (SSSR count). The molecule has 0 bridgehead atoms. The largest absolute Gasteiger partial charge is 2.00 e. The summed E-state index contributed by atoms with van der Waals surface area (Å²) in [6, 6.07) is 6.00. The Bertz CT molecular complexity index is 394. The van der Waals surface area contributed by atoms with E-state index in [4.69, 9.17) is 13.0 Å². The molecule has 0 amide bonds. The van der Waals surface area contributed by atoms with Crippen molar-refractivity contribution in [1.82, 2.24) is 0 Å². The molecule has 102 valence electrons. The molecule has 0 N–H and O–H groups in total. The van der Waals surface area contributed by atoms with Crippen LogP contribution in [0.2, 0.25) is 0 Å². The first kappa shape index (κ1) is 21.8. The molecule has 0 radical (unpaired) electrons. The predicted molar refractivity (Wildman–Crippen MR) is 58.1 cm³/mol. The summed E-state index contributed by atoms with van der Waals surface area (Å²) in [4.78, 5) is 0. The average Bonchev–Trinajstić information content (AvgIpc) is 2.02. The Morgan fingerprint density at radius 1 is 1.06 bits per heavy atom. The van der Waals surface area contributed by atoms with Crippen molar-refractivity contribution in [2.24, 2.45) is 7.05 Å². The maximum Gasteiger partial charge on any atom is 0.485 e. The van der Waals surface area contributed by atoms with Crippen molar-refractivity contribution in [3.63, 3.8) is 0 Å². The van der Waals surface area contributed by atoms with Crippen LogP contribution >= 0.6 is 0 Å². The standard InChI is InChI=1S/C6H8N.CHF3O3S.2S/c1-7-5-3-2-4-6-7;2-1(3,4)8(5,6)7;;/h2-6H,1H3;(H,5,6,7);;/q+1;;2*-2/p-1. The van der Waals surface area contributed by atoms with Crippen molar-refractivity contribution in [2.45, 2.75) is 5.51 Å². The predicted octanol–water partition coefficient (Wildman–Crippen LogP) is 0.558. The highest BCUT2D eigenvalue weighted by molar-refractivity contribution is 7.86. The third-order valence-electron chi connectivity index (χ3n) is 1.15. The molecule has 10 heteroatoms. The third kappa shape index (κ3) is 10.4. The van der Waals surface area contributed by atoms with Crippen LogP contribution in [0.25, 0.3) is 0 Å². The Balaban J connectivity index is -0.000000207. The number of halogens is 3. The zero-order chi connectivity index (χ0) is 12.1. The number of hydrogen-bond donors (Lipinski definition) is 0. The lowest BCUT2D eigenvalue weighted by atomic mass is 10.5. The van der Waals surface area contributed by atoms with Crippen molar-refractivity contribution in [2.75, 3.05) is 0 Å². The van der Waals surface area contributed by atoms with Gasteiger partial charge in [0, 0.05) is 12.1 Å². The van der Waals surface area contributed by atoms with Crippen LogP contribution in [0.15, 0.2) is 30.6 Å². The van der Waals surface area contributed by atoms with E-state index < -0.39 is 15.6 Å². The Hall–Kier alpha value is -0.450. The van der Waals surface area contributed by atoms with Crippen molar-refractivity contribution >= 4 is 37.1 Å². The van der Waals surface area contributed by atoms with E-state index in [2.05, 4.69) is 0 Å². The lowest BCUT2D eigenvalue weighted by molar-refractivity contribution is -0.671. The number of aryl methyl sites for hydroxylation is 1. The Labute approximate surface area is 111 Å². The normalized spacial score (nSPS) is 10.2. The molecule has 1 aromatic rings. The highest BCUT2D eigenvalue weighted by Gasteiger charge is 2.36. The van der Waals surface area contributed by atoms with Crippen molar-refractivity contribution < 1.29 is 30.7 Å². The molecule has 0 spiro atoms. The number of hydrogen-bond acceptors (Lipinski definition) is 3. The number of rotatable bonds is 0. The summed E-state index contributed by atoms with van der Waals surface area (Å²) in [5.74, 6) is 0. The van der Waals surface area contributed by atoms with E-state index in [9.17, 15) is 13.2 Å². The highest BCUT2D eigenvalue weighted by atomic mass is 32.2. The van der Waals surface area contributed by atoms with E-state index in [1.165, 1.54) is 0 Å². The van der Waals surface area contributed by atoms with Crippen molar-refractivity contribution in [3.8, 4) is 0 Å². The minimum absolute atomic E-state index is 0. The van der Waals surface area contributed by atoms with Crippen LogP contribution in [0.4, 0.5) is 13.2 Å². The molecule has 1 aromatic heterocycles. The molecule has 0 atom stereocenters. The van der Waals surface area contributed by atoms with Crippen molar-refractivity contribution in [3.05, 3.63) is 30.6 Å². The van der Waals surface area contributed by atoms with Crippen LogP contribution in [0.3, 0.4) is 0 Å². The van der Waals surface area contributed by atoms with Gasteiger partial charge in [-0.2, -0.15) is 13.2 Å². The number of alkyl halides is 3. The van der Waals surface area contributed by atoms with Gasteiger partial charge in [-0.25, -0.2) is 13.0 Å². The van der Waals surface area contributed by atoms with Crippen LogP contribution in [0.5, 0.6) is 0 Å². The molecule has 0 aliphatic heterocycles. The molecule has 1 heterocycles. The van der Waals surface area contributed by atoms with Crippen LogP contribution in [0, 0.1) is 0 Å². The lowest BCUT2D eigenvalue weighted by Gasteiger charge is -2.08. The van der Waals surface area contributed by atoms with Crippen LogP contribution in [-0.2, 0) is 44.2 Å². The van der Waals surface area contributed by atoms with Gasteiger partial charge in [-0.15, -0.1) is 0 Å². The fraction of sp³-hybridized carbons (Fsp3) is 0.286. The highest BCUT2D eigenvalue weighted by Crippen LogP contribution is 2.20. The molecule has 0 unspecified atom stereocenters. The first-order valence-corrected chi connectivity index (χ1v) is 4.98. The molecular weight excluding hydrogens is 299 g/mol. The summed E-state index contributed by atoms with van der Waals surface area (Å²) in [6.45, 7) is 0. The second kappa shape index (κ2) is 8.61. The van der Waals surface area contributed by atoms with Gasteiger partial charge in [0.15, 0.2) is 22.5 Å². The van der Waals surface area contributed by atoms with Gasteiger partial charge >= 0.3 is 5.51 Å². The fourth-order valence-corrected chi connectivity index (χ4v) is 0.485. The molecule has 17 heavy (non-hydrogen) atoms. The molecule has 0 aliphatic carbocycles. The zero-order valence-corrected chi connectivity index (χ0v) is 10.9. The molecule has 4 nitrogen and oxygen atoms in total. The van der Waals surface area contributed by atoms with E-state index in [-0.39, 0.29) is 27.0 Å². The second-order valence-electron chi connectivity index (χ2n) is 2.44. The minimum Gasteiger partial charge on any atom is -2.00 e. The monoisotopic (exact) mass is 307 g/mol. The van der Waals surface area contributed by atoms with E-state index in [1.807, 2.05) is 42.2 Å². The van der Waals surface area contributed by atoms with E-state index in [0.29, 0.717) is 0 Å². The Morgan fingerprint density at radius 2 is 1.35 bits per heavy atom. The smallest absolute Gasteiger partial charge is 0.485 e. The topological polar surface area (TPSA) is 61.1 Å². The van der Waals surface area contributed by atoms with Gasteiger partial charge in [0.1, 0.15) is 7.05 Å². The summed E-state index contributed by atoms with van der Waals surface area (Å²) < 4.78 is 60.9. The first-order valence-electron chi connectivity index (χ1n) is 3.57. The van der Waals surface area contributed by atoms with Gasteiger partial charge in [-0.05, 0) is 0 Å². The fourth-order valence-electron chi connectivity index (χ4n) is 0.485. The first-order chi connectivity index (χ1) is 6.64. The summed E-state index contributed by atoms with van der Waals surface area (Å²) in [6.07, 6.45) is 4.00. The van der Waals surface area contributed by atoms with E-state index >= 15 is 0 Å². The summed E-state index contributed by atoms with van der Waals surface area (Å²) >= 11 is 0. The minimum atomic E-state index is -6.09. The summed E-state index contributed by atoms with van der Waals surface area (Å²) in [7, 11) is -4.09. The van der Waals surface area contributed by atoms with Gasteiger partial charge in [0.2, 0.25) is 0 Å². The quantitative estimate of drug-likeness (QED) is 0.400. The van der Waals surface area contributed by atoms with Crippen molar-refractivity contribution in [1.29, 1.82) is 0 Å². The Morgan fingerprint density at radius 3 is 1.47 bits per heavy atom. The van der Waals surface area contributed by atoms with Crippen LogP contribution in [0.1, 0.15) is 0 Å². The van der Waals surface area contributed by atoms with Gasteiger partial charge in [-0.1, -0.05) is 6.07 Å². The van der Waals surface area contributed by atoms with Gasteiger partial charge in [-0.3, -0.25) is 0 Å². The second-order valence-corrected chi connectivity index (χ2v) is 3.81. The number of pyridine rings is 1. The van der Waals surface area contributed by atoms with Crippen LogP contribution in [-0.4, -0.2) is 18.5 Å². The van der Waals surface area contributed by atoms with Crippen LogP contribution < -0.4 is 4.57 Å². The molecular formula is C7H8F3NO3S3-4. The number of nitrogens with zero attached hydrogens (tertiary/aromatic N) is 1.